The van der Waals surface area contributed by atoms with Gasteiger partial charge in [0.05, 0.1) is 12.8 Å². The summed E-state index contributed by atoms with van der Waals surface area (Å²) in [5.41, 5.74) is 6.42. The predicted octanol–water partition coefficient (Wildman–Crippen LogP) is 0.179. The largest absolute Gasteiger partial charge is 0.464 e. The van der Waals surface area contributed by atoms with Crippen molar-refractivity contribution in [2.24, 2.45) is 12.8 Å². The van der Waals surface area contributed by atoms with Gasteiger partial charge < -0.3 is 10.5 Å². The van der Waals surface area contributed by atoms with Gasteiger partial charge in [0, 0.05) is 13.6 Å². The van der Waals surface area contributed by atoms with Crippen molar-refractivity contribution in [2.75, 3.05) is 13.7 Å². The predicted molar refractivity (Wildman–Crippen MR) is 52.6 cm³/mol. The van der Waals surface area contributed by atoms with E-state index in [0.29, 0.717) is 12.2 Å². The second-order valence-corrected chi connectivity index (χ2v) is 2.71. The zero-order chi connectivity index (χ0) is 10.6. The molecule has 14 heavy (non-hydrogen) atoms. The summed E-state index contributed by atoms with van der Waals surface area (Å²) in [4.78, 5) is 11.1. The van der Waals surface area contributed by atoms with Gasteiger partial charge in [0.25, 0.3) is 0 Å². The second-order valence-electron chi connectivity index (χ2n) is 2.71. The quantitative estimate of drug-likeness (QED) is 0.698. The van der Waals surface area contributed by atoms with Gasteiger partial charge in [0.2, 0.25) is 0 Å². The zero-order valence-corrected chi connectivity index (χ0v) is 8.23. The van der Waals surface area contributed by atoms with Crippen molar-refractivity contribution in [3.05, 3.63) is 23.5 Å². The van der Waals surface area contributed by atoms with E-state index in [1.807, 2.05) is 0 Å². The Morgan fingerprint density at radius 3 is 3.07 bits per heavy atom. The van der Waals surface area contributed by atoms with Crippen LogP contribution in [0.15, 0.2) is 12.1 Å². The van der Waals surface area contributed by atoms with Crippen molar-refractivity contribution in [3.8, 4) is 0 Å². The standard InChI is InChI=1S/C9H13N3O2/c1-12-7(4-3-5-10)6-8(11-12)9(13)14-2/h3-4,6H,5,10H2,1-2H3/b4-3+. The average molecular weight is 195 g/mol. The lowest BCUT2D eigenvalue weighted by Crippen LogP contribution is -2.03. The minimum absolute atomic E-state index is 0.298. The van der Waals surface area contributed by atoms with Gasteiger partial charge in [-0.05, 0) is 12.1 Å². The lowest BCUT2D eigenvalue weighted by Gasteiger charge is -1.92. The van der Waals surface area contributed by atoms with Crippen molar-refractivity contribution >= 4 is 12.0 Å². The van der Waals surface area contributed by atoms with Crippen LogP contribution in [0.1, 0.15) is 16.2 Å². The smallest absolute Gasteiger partial charge is 0.358 e. The number of hydrogen-bond donors (Lipinski definition) is 1. The molecule has 0 spiro atoms. The van der Waals surface area contributed by atoms with Crippen LogP contribution in [0.5, 0.6) is 0 Å². The molecule has 1 heterocycles. The van der Waals surface area contributed by atoms with Gasteiger partial charge >= 0.3 is 5.97 Å². The Labute approximate surface area is 82.2 Å². The zero-order valence-electron chi connectivity index (χ0n) is 8.23. The maximum atomic E-state index is 11.1. The van der Waals surface area contributed by atoms with E-state index < -0.39 is 5.97 Å². The molecule has 0 unspecified atom stereocenters. The van der Waals surface area contributed by atoms with E-state index in [1.54, 1.807) is 29.9 Å². The van der Waals surface area contributed by atoms with E-state index in [9.17, 15) is 4.79 Å². The van der Waals surface area contributed by atoms with Crippen LogP contribution in [0.3, 0.4) is 0 Å². The number of esters is 1. The Hall–Kier alpha value is -1.62. The van der Waals surface area contributed by atoms with Crippen LogP contribution >= 0.6 is 0 Å². The minimum Gasteiger partial charge on any atom is -0.464 e. The number of aromatic nitrogens is 2. The molecule has 1 aromatic rings. The topological polar surface area (TPSA) is 70.1 Å². The molecule has 0 aromatic carbocycles. The summed E-state index contributed by atoms with van der Waals surface area (Å²) < 4.78 is 6.14. The number of carbonyl (C=O) groups excluding carboxylic acids is 1. The Kier molecular flexibility index (Phi) is 3.41. The summed E-state index contributed by atoms with van der Waals surface area (Å²) in [5.74, 6) is -0.437. The van der Waals surface area contributed by atoms with Crippen LogP contribution in [-0.2, 0) is 11.8 Å². The first-order valence-electron chi connectivity index (χ1n) is 4.18. The molecular formula is C9H13N3O2. The molecule has 0 radical (unpaired) electrons. The van der Waals surface area contributed by atoms with Crippen molar-refractivity contribution < 1.29 is 9.53 Å². The molecule has 5 heteroatoms. The molecule has 0 saturated carbocycles. The third-order valence-electron chi connectivity index (χ3n) is 1.74. The molecule has 0 amide bonds. The van der Waals surface area contributed by atoms with Crippen LogP contribution < -0.4 is 5.73 Å². The van der Waals surface area contributed by atoms with Crippen molar-refractivity contribution in [2.45, 2.75) is 0 Å². The molecule has 0 aliphatic heterocycles. The van der Waals surface area contributed by atoms with Gasteiger partial charge in [0.1, 0.15) is 0 Å². The maximum Gasteiger partial charge on any atom is 0.358 e. The summed E-state index contributed by atoms with van der Waals surface area (Å²) in [6, 6.07) is 1.65. The van der Waals surface area contributed by atoms with Crippen molar-refractivity contribution in [1.29, 1.82) is 0 Å². The number of ether oxygens (including phenoxy) is 1. The van der Waals surface area contributed by atoms with E-state index >= 15 is 0 Å². The highest BCUT2D eigenvalue weighted by Gasteiger charge is 2.10. The second kappa shape index (κ2) is 4.57. The summed E-state index contributed by atoms with van der Waals surface area (Å²) >= 11 is 0. The molecule has 0 atom stereocenters. The molecule has 0 saturated heterocycles. The summed E-state index contributed by atoms with van der Waals surface area (Å²) in [7, 11) is 3.08. The number of aryl methyl sites for hydroxylation is 1. The van der Waals surface area contributed by atoms with Gasteiger partial charge in [-0.25, -0.2) is 4.79 Å². The van der Waals surface area contributed by atoms with Gasteiger partial charge in [0.15, 0.2) is 5.69 Å². The molecule has 1 aromatic heterocycles. The number of nitrogens with zero attached hydrogens (tertiary/aromatic N) is 2. The highest BCUT2D eigenvalue weighted by Crippen LogP contribution is 2.05. The number of nitrogens with two attached hydrogens (primary N) is 1. The van der Waals surface area contributed by atoms with Crippen LogP contribution in [0.25, 0.3) is 6.08 Å². The molecule has 0 fully saturated rings. The van der Waals surface area contributed by atoms with Gasteiger partial charge in [-0.2, -0.15) is 5.10 Å². The fourth-order valence-electron chi connectivity index (χ4n) is 1.03. The van der Waals surface area contributed by atoms with Crippen molar-refractivity contribution in [1.82, 2.24) is 9.78 Å². The highest BCUT2D eigenvalue weighted by molar-refractivity contribution is 5.87. The first-order chi connectivity index (χ1) is 6.69. The Bertz CT molecular complexity index is 355. The SMILES string of the molecule is COC(=O)c1cc(/C=C/CN)n(C)n1. The lowest BCUT2D eigenvalue weighted by molar-refractivity contribution is 0.0593. The van der Waals surface area contributed by atoms with Crippen molar-refractivity contribution in [3.63, 3.8) is 0 Å². The molecule has 5 nitrogen and oxygen atoms in total. The van der Waals surface area contributed by atoms with Gasteiger partial charge in [-0.3, -0.25) is 4.68 Å². The number of carbonyl (C=O) groups is 1. The monoisotopic (exact) mass is 195 g/mol. The number of hydrogen-bond acceptors (Lipinski definition) is 4. The Morgan fingerprint density at radius 1 is 1.79 bits per heavy atom. The average Bonchev–Trinajstić information content (AvgIpc) is 2.56. The molecule has 1 rings (SSSR count). The minimum atomic E-state index is -0.437. The molecule has 76 valence electrons. The van der Waals surface area contributed by atoms with E-state index in [0.717, 1.165) is 5.69 Å². The van der Waals surface area contributed by atoms with E-state index in [-0.39, 0.29) is 0 Å². The van der Waals surface area contributed by atoms with Crippen LogP contribution in [0.4, 0.5) is 0 Å². The third kappa shape index (κ3) is 2.20. The van der Waals surface area contributed by atoms with Crippen LogP contribution in [-0.4, -0.2) is 29.4 Å². The van der Waals surface area contributed by atoms with Gasteiger partial charge in [-0.15, -0.1) is 0 Å². The molecule has 0 bridgehead atoms. The summed E-state index contributed by atoms with van der Waals surface area (Å²) in [5, 5.41) is 3.98. The van der Waals surface area contributed by atoms with Crippen LogP contribution in [0.2, 0.25) is 0 Å². The maximum absolute atomic E-state index is 11.1. The summed E-state index contributed by atoms with van der Waals surface area (Å²) in [6.45, 7) is 0.457. The Balaban J connectivity index is 2.93. The number of rotatable bonds is 3. The molecule has 0 aliphatic rings. The molecule has 0 aliphatic carbocycles. The van der Waals surface area contributed by atoms with E-state index in [1.165, 1.54) is 7.11 Å². The van der Waals surface area contributed by atoms with E-state index in [2.05, 4.69) is 9.84 Å². The lowest BCUT2D eigenvalue weighted by atomic mass is 10.3. The normalized spacial score (nSPS) is 10.8. The van der Waals surface area contributed by atoms with Gasteiger partial charge in [-0.1, -0.05) is 6.08 Å². The summed E-state index contributed by atoms with van der Waals surface area (Å²) in [6.07, 6.45) is 3.59. The highest BCUT2D eigenvalue weighted by atomic mass is 16.5. The van der Waals surface area contributed by atoms with Crippen LogP contribution in [0, 0.1) is 0 Å². The molecular weight excluding hydrogens is 182 g/mol. The first kappa shape index (κ1) is 10.5. The fourth-order valence-corrected chi connectivity index (χ4v) is 1.03. The van der Waals surface area contributed by atoms with E-state index in [4.69, 9.17) is 5.73 Å². The Morgan fingerprint density at radius 2 is 2.50 bits per heavy atom. The number of methoxy groups -OCH3 is 1. The fraction of sp³-hybridized carbons (Fsp3) is 0.333. The molecule has 2 N–H and O–H groups in total. The first-order valence-corrected chi connectivity index (χ1v) is 4.18. The third-order valence-corrected chi connectivity index (χ3v) is 1.74.